The Hall–Kier alpha value is -1.36. The van der Waals surface area contributed by atoms with Gasteiger partial charge in [0.05, 0.1) is 12.2 Å². The smallest absolute Gasteiger partial charge is 0.195 e. The molecule has 0 radical (unpaired) electrons. The van der Waals surface area contributed by atoms with Gasteiger partial charge in [-0.3, -0.25) is 0 Å². The SMILES string of the molecule is FC(F)=CC(F)(F)C(F)(F)C(F)(F)C(F)(F)C=C(F)F. The maximum atomic E-state index is 12.7. The highest BCUT2D eigenvalue weighted by molar-refractivity contribution is 5.16. The second-order valence-corrected chi connectivity index (χ2v) is 3.26. The summed E-state index contributed by atoms with van der Waals surface area (Å²) < 4.78 is 146. The van der Waals surface area contributed by atoms with Gasteiger partial charge >= 0.3 is 23.7 Å². The van der Waals surface area contributed by atoms with Crippen molar-refractivity contribution >= 4 is 0 Å². The predicted molar refractivity (Wildman–Crippen MR) is 40.4 cm³/mol. The van der Waals surface area contributed by atoms with Gasteiger partial charge in [-0.25, -0.2) is 0 Å². The van der Waals surface area contributed by atoms with Gasteiger partial charge in [0, 0.05) is 0 Å². The van der Waals surface area contributed by atoms with Crippen molar-refractivity contribution in [3.8, 4) is 0 Å². The van der Waals surface area contributed by atoms with Crippen LogP contribution in [0.1, 0.15) is 0 Å². The molecule has 0 aromatic heterocycles. The number of hydrogen-bond donors (Lipinski definition) is 0. The Balaban J connectivity index is 5.93. The normalized spacial score (nSPS) is 14.0. The molecule has 0 rings (SSSR count). The zero-order chi connectivity index (χ0) is 16.6. The largest absolute Gasteiger partial charge is 0.382 e. The van der Waals surface area contributed by atoms with Crippen LogP contribution in [0.25, 0.3) is 0 Å². The summed E-state index contributed by atoms with van der Waals surface area (Å²) in [6.07, 6.45) is -11.1. The zero-order valence-electron chi connectivity index (χ0n) is 8.69. The molecule has 0 saturated heterocycles. The highest BCUT2D eigenvalue weighted by atomic mass is 19.4. The summed E-state index contributed by atoms with van der Waals surface area (Å²) in [4.78, 5) is 0. The summed E-state index contributed by atoms with van der Waals surface area (Å²) in [5.74, 6) is -26.9. The van der Waals surface area contributed by atoms with Gasteiger partial charge in [-0.15, -0.1) is 0 Å². The minimum absolute atomic E-state index is 1.98. The van der Waals surface area contributed by atoms with Crippen molar-refractivity contribution in [1.82, 2.24) is 0 Å². The van der Waals surface area contributed by atoms with E-state index in [0.29, 0.717) is 0 Å². The van der Waals surface area contributed by atoms with E-state index in [1.807, 2.05) is 0 Å². The molecule has 0 aliphatic rings. The number of allylic oxidation sites excluding steroid dienone is 2. The Bertz CT molecular complexity index is 369. The number of alkyl halides is 8. The van der Waals surface area contributed by atoms with E-state index in [2.05, 4.69) is 0 Å². The van der Waals surface area contributed by atoms with Gasteiger partial charge in [0.15, 0.2) is 0 Å². The second-order valence-electron chi connectivity index (χ2n) is 3.26. The van der Waals surface area contributed by atoms with Gasteiger partial charge in [0.25, 0.3) is 12.2 Å². The van der Waals surface area contributed by atoms with E-state index in [1.54, 1.807) is 0 Å². The number of rotatable bonds is 5. The molecule has 20 heavy (non-hydrogen) atoms. The maximum absolute atomic E-state index is 12.7. The molecule has 0 nitrogen and oxygen atoms in total. The predicted octanol–water partition coefficient (Wildman–Crippen LogP) is 5.09. The molecular weight excluding hydrogens is 324 g/mol. The molecule has 0 heterocycles. The standard InChI is InChI=1S/C8H2F12/c9-3(10)1-5(13,14)7(17,18)8(19,20)6(15,16)2-4(11)12/h1-2H. The Labute approximate surface area is 102 Å². The Kier molecular flexibility index (Phi) is 4.85. The highest BCUT2D eigenvalue weighted by Crippen LogP contribution is 2.54. The van der Waals surface area contributed by atoms with Crippen LogP contribution < -0.4 is 0 Å². The van der Waals surface area contributed by atoms with Crippen molar-refractivity contribution in [2.24, 2.45) is 0 Å². The summed E-state index contributed by atoms with van der Waals surface area (Å²) in [6.45, 7) is 0. The summed E-state index contributed by atoms with van der Waals surface area (Å²) >= 11 is 0. The zero-order valence-corrected chi connectivity index (χ0v) is 8.69. The molecule has 0 aromatic carbocycles. The van der Waals surface area contributed by atoms with Crippen LogP contribution in [0, 0.1) is 0 Å². The number of halogens is 12. The minimum Gasteiger partial charge on any atom is -0.195 e. The Morgan fingerprint density at radius 1 is 0.500 bits per heavy atom. The van der Waals surface area contributed by atoms with Gasteiger partial charge in [-0.1, -0.05) is 0 Å². The monoisotopic (exact) mass is 326 g/mol. The van der Waals surface area contributed by atoms with E-state index in [9.17, 15) is 52.7 Å². The maximum Gasteiger partial charge on any atom is 0.382 e. The lowest BCUT2D eigenvalue weighted by atomic mass is 9.98. The summed E-state index contributed by atoms with van der Waals surface area (Å²) in [7, 11) is 0. The van der Waals surface area contributed by atoms with Crippen LogP contribution in [0.4, 0.5) is 52.7 Å². The lowest BCUT2D eigenvalue weighted by Crippen LogP contribution is -2.61. The van der Waals surface area contributed by atoms with Gasteiger partial charge < -0.3 is 0 Å². The first-order valence-corrected chi connectivity index (χ1v) is 4.17. The van der Waals surface area contributed by atoms with E-state index >= 15 is 0 Å². The summed E-state index contributed by atoms with van der Waals surface area (Å²) in [6, 6.07) is 0. The highest BCUT2D eigenvalue weighted by Gasteiger charge is 2.79. The third-order valence-electron chi connectivity index (χ3n) is 1.81. The van der Waals surface area contributed by atoms with Crippen molar-refractivity contribution in [3.05, 3.63) is 24.3 Å². The number of hydrogen-bond acceptors (Lipinski definition) is 0. The fourth-order valence-corrected chi connectivity index (χ4v) is 0.874. The third kappa shape index (κ3) is 3.20. The first-order valence-electron chi connectivity index (χ1n) is 4.17. The van der Waals surface area contributed by atoms with E-state index in [-0.39, 0.29) is 0 Å². The third-order valence-corrected chi connectivity index (χ3v) is 1.81. The fourth-order valence-electron chi connectivity index (χ4n) is 0.874. The molecule has 0 aliphatic heterocycles. The molecule has 0 aromatic rings. The fraction of sp³-hybridized carbons (Fsp3) is 0.500. The molecule has 0 saturated carbocycles. The molecule has 118 valence electrons. The van der Waals surface area contributed by atoms with Crippen LogP contribution in [0.5, 0.6) is 0 Å². The summed E-state index contributed by atoms with van der Waals surface area (Å²) in [5, 5.41) is 0. The van der Waals surface area contributed by atoms with E-state index in [1.165, 1.54) is 0 Å². The van der Waals surface area contributed by atoms with Crippen LogP contribution in [0.15, 0.2) is 24.3 Å². The van der Waals surface area contributed by atoms with E-state index in [4.69, 9.17) is 0 Å². The van der Waals surface area contributed by atoms with Crippen molar-refractivity contribution < 1.29 is 52.7 Å². The molecule has 0 N–H and O–H groups in total. The van der Waals surface area contributed by atoms with Gasteiger partial charge in [-0.05, 0) is 0 Å². The van der Waals surface area contributed by atoms with Crippen LogP contribution in [-0.2, 0) is 0 Å². The first-order chi connectivity index (χ1) is 8.58. The van der Waals surface area contributed by atoms with Crippen molar-refractivity contribution in [2.45, 2.75) is 23.7 Å². The van der Waals surface area contributed by atoms with Crippen LogP contribution in [-0.4, -0.2) is 23.7 Å². The molecule has 0 amide bonds. The van der Waals surface area contributed by atoms with Crippen LogP contribution >= 0.6 is 0 Å². The Morgan fingerprint density at radius 3 is 0.850 bits per heavy atom. The van der Waals surface area contributed by atoms with Crippen molar-refractivity contribution in [2.75, 3.05) is 0 Å². The van der Waals surface area contributed by atoms with E-state index in [0.717, 1.165) is 0 Å². The van der Waals surface area contributed by atoms with Gasteiger partial charge in [0.1, 0.15) is 0 Å². The molecule has 0 unspecified atom stereocenters. The Morgan fingerprint density at radius 2 is 0.700 bits per heavy atom. The van der Waals surface area contributed by atoms with Crippen LogP contribution in [0.2, 0.25) is 0 Å². The average molecular weight is 326 g/mol. The second kappa shape index (κ2) is 5.20. The van der Waals surface area contributed by atoms with Gasteiger partial charge in [-0.2, -0.15) is 52.7 Å². The molecular formula is C8H2F12. The average Bonchev–Trinajstić information content (AvgIpc) is 2.11. The summed E-state index contributed by atoms with van der Waals surface area (Å²) in [5.41, 5.74) is 0. The lowest BCUT2D eigenvalue weighted by molar-refractivity contribution is -0.344. The van der Waals surface area contributed by atoms with Crippen molar-refractivity contribution in [3.63, 3.8) is 0 Å². The minimum atomic E-state index is -7.06. The van der Waals surface area contributed by atoms with Crippen molar-refractivity contribution in [1.29, 1.82) is 0 Å². The van der Waals surface area contributed by atoms with Crippen LogP contribution in [0.3, 0.4) is 0 Å². The topological polar surface area (TPSA) is 0 Å². The first kappa shape index (κ1) is 18.6. The molecule has 0 aliphatic carbocycles. The quantitative estimate of drug-likeness (QED) is 0.618. The molecule has 0 atom stereocenters. The molecule has 12 heteroatoms. The molecule has 0 fully saturated rings. The van der Waals surface area contributed by atoms with Gasteiger partial charge in [0.2, 0.25) is 0 Å². The molecule has 0 spiro atoms. The van der Waals surface area contributed by atoms with E-state index < -0.39 is 48.0 Å². The molecule has 0 bridgehead atoms. The lowest BCUT2D eigenvalue weighted by Gasteiger charge is -2.34.